The molecule has 38 heavy (non-hydrogen) atoms. The number of amides is 3. The molecule has 0 aromatic heterocycles. The quantitative estimate of drug-likeness (QED) is 0.312. The fourth-order valence-corrected chi connectivity index (χ4v) is 4.63. The topological polar surface area (TPSA) is 84.9 Å². The van der Waals surface area contributed by atoms with Gasteiger partial charge >= 0.3 is 0 Å². The number of hydrogen-bond acceptors (Lipinski definition) is 6. The zero-order valence-corrected chi connectivity index (χ0v) is 21.6. The first-order valence-electron chi connectivity index (χ1n) is 11.4. The molecule has 1 aliphatic heterocycles. The number of hydrogen-bond donors (Lipinski definition) is 1. The van der Waals surface area contributed by atoms with Gasteiger partial charge in [-0.05, 0) is 60.2 Å². The van der Waals surface area contributed by atoms with Gasteiger partial charge in [0.25, 0.3) is 11.1 Å². The highest BCUT2D eigenvalue weighted by Crippen LogP contribution is 2.39. The number of rotatable bonds is 9. The number of thioether (sulfide) groups is 1. The molecule has 1 saturated heterocycles. The van der Waals surface area contributed by atoms with Crippen molar-refractivity contribution in [3.8, 4) is 11.5 Å². The summed E-state index contributed by atoms with van der Waals surface area (Å²) in [4.78, 5) is 38.4. The van der Waals surface area contributed by atoms with Gasteiger partial charge in [-0.15, -0.1) is 0 Å². The summed E-state index contributed by atoms with van der Waals surface area (Å²) in [7, 11) is 0. The Balaban J connectivity index is 1.49. The van der Waals surface area contributed by atoms with Gasteiger partial charge in [-0.3, -0.25) is 19.3 Å². The van der Waals surface area contributed by atoms with Crippen molar-refractivity contribution in [2.75, 3.05) is 18.5 Å². The molecule has 0 atom stereocenters. The molecule has 3 aromatic carbocycles. The van der Waals surface area contributed by atoms with Crippen LogP contribution in [0.4, 0.5) is 19.3 Å². The first kappa shape index (κ1) is 27.2. The van der Waals surface area contributed by atoms with Crippen LogP contribution in [0.3, 0.4) is 0 Å². The molecule has 0 aliphatic carbocycles. The summed E-state index contributed by atoms with van der Waals surface area (Å²) in [5, 5.41) is 1.80. The summed E-state index contributed by atoms with van der Waals surface area (Å²) < 4.78 is 38.5. The summed E-state index contributed by atoms with van der Waals surface area (Å²) in [6.07, 6.45) is 1.46. The summed E-state index contributed by atoms with van der Waals surface area (Å²) in [6.45, 7) is 1.76. The third kappa shape index (κ3) is 6.51. The molecule has 1 fully saturated rings. The van der Waals surface area contributed by atoms with Gasteiger partial charge < -0.3 is 14.8 Å². The Morgan fingerprint density at radius 3 is 2.55 bits per heavy atom. The maximum Gasteiger partial charge on any atom is 0.294 e. The van der Waals surface area contributed by atoms with E-state index < -0.39 is 35.2 Å². The van der Waals surface area contributed by atoms with Crippen LogP contribution in [0.25, 0.3) is 6.08 Å². The van der Waals surface area contributed by atoms with Gasteiger partial charge in [0.1, 0.15) is 24.8 Å². The van der Waals surface area contributed by atoms with E-state index in [2.05, 4.69) is 5.32 Å². The number of anilines is 1. The second kappa shape index (κ2) is 12.1. The van der Waals surface area contributed by atoms with E-state index in [1.54, 1.807) is 19.1 Å². The summed E-state index contributed by atoms with van der Waals surface area (Å²) in [6, 6.07) is 15.3. The number of halogens is 3. The molecule has 0 unspecified atom stereocenters. The van der Waals surface area contributed by atoms with Crippen LogP contribution in [-0.2, 0) is 16.2 Å². The lowest BCUT2D eigenvalue weighted by molar-refractivity contribution is -0.127. The maximum absolute atomic E-state index is 13.8. The van der Waals surface area contributed by atoms with Crippen molar-refractivity contribution in [3.05, 3.63) is 93.4 Å². The molecule has 4 rings (SSSR count). The fourth-order valence-electron chi connectivity index (χ4n) is 3.52. The van der Waals surface area contributed by atoms with Crippen molar-refractivity contribution >= 4 is 52.2 Å². The van der Waals surface area contributed by atoms with Crippen molar-refractivity contribution < 1.29 is 32.6 Å². The number of carbonyl (C=O) groups excluding carboxylic acids is 3. The Bertz CT molecular complexity index is 1420. The van der Waals surface area contributed by atoms with Crippen LogP contribution >= 0.6 is 23.4 Å². The molecule has 0 bridgehead atoms. The molecule has 7 nitrogen and oxygen atoms in total. The maximum atomic E-state index is 13.8. The highest BCUT2D eigenvalue weighted by molar-refractivity contribution is 8.18. The zero-order chi connectivity index (χ0) is 27.2. The van der Waals surface area contributed by atoms with Crippen molar-refractivity contribution in [3.63, 3.8) is 0 Å². The van der Waals surface area contributed by atoms with Crippen LogP contribution in [0, 0.1) is 11.6 Å². The number of imide groups is 1. The number of nitrogens with zero attached hydrogens (tertiary/aromatic N) is 1. The number of nitrogens with one attached hydrogen (secondary N) is 1. The van der Waals surface area contributed by atoms with E-state index >= 15 is 0 Å². The average molecular weight is 559 g/mol. The van der Waals surface area contributed by atoms with Crippen LogP contribution in [0.15, 0.2) is 65.6 Å². The molecule has 196 valence electrons. The number of benzene rings is 3. The van der Waals surface area contributed by atoms with Crippen LogP contribution < -0.4 is 14.8 Å². The first-order valence-corrected chi connectivity index (χ1v) is 12.6. The Kier molecular flexibility index (Phi) is 8.65. The normalized spacial score (nSPS) is 14.2. The van der Waals surface area contributed by atoms with Crippen molar-refractivity contribution in [1.29, 1.82) is 0 Å². The molecule has 3 aromatic rings. The largest absolute Gasteiger partial charge is 0.490 e. The van der Waals surface area contributed by atoms with Gasteiger partial charge in [0.15, 0.2) is 11.5 Å². The molecule has 1 heterocycles. The molecule has 0 spiro atoms. The van der Waals surface area contributed by atoms with E-state index in [4.69, 9.17) is 21.1 Å². The smallest absolute Gasteiger partial charge is 0.294 e. The van der Waals surface area contributed by atoms with Gasteiger partial charge in [-0.25, -0.2) is 8.78 Å². The fraction of sp³-hybridized carbons (Fsp3) is 0.148. The summed E-state index contributed by atoms with van der Waals surface area (Å²) >= 11 is 7.12. The predicted octanol–water partition coefficient (Wildman–Crippen LogP) is 6.27. The molecule has 1 N–H and O–H groups in total. The SMILES string of the molecule is CCOc1cc(/C=C2\SC(=O)N(CC(=O)Nc3ccc(F)cc3F)C2=O)cc(Cl)c1OCc1ccccc1. The zero-order valence-electron chi connectivity index (χ0n) is 20.0. The molecule has 0 saturated carbocycles. The lowest BCUT2D eigenvalue weighted by atomic mass is 10.1. The Morgan fingerprint density at radius 1 is 1.08 bits per heavy atom. The van der Waals surface area contributed by atoms with Crippen LogP contribution in [0.2, 0.25) is 5.02 Å². The third-order valence-corrected chi connectivity index (χ3v) is 6.42. The standard InChI is InChI=1S/C27H21ClF2N2O5S/c1-2-36-22-11-17(10-19(28)25(22)37-15-16-6-4-3-5-7-16)12-23-26(34)32(27(35)38-23)14-24(33)31-21-9-8-18(29)13-20(21)30/h3-13H,2,14-15H2,1H3,(H,31,33)/b23-12-. The molecule has 11 heteroatoms. The lowest BCUT2D eigenvalue weighted by Crippen LogP contribution is -2.36. The van der Waals surface area contributed by atoms with Crippen molar-refractivity contribution in [2.45, 2.75) is 13.5 Å². The van der Waals surface area contributed by atoms with Crippen LogP contribution in [0.5, 0.6) is 11.5 Å². The van der Waals surface area contributed by atoms with Crippen molar-refractivity contribution in [1.82, 2.24) is 4.90 Å². The van der Waals surface area contributed by atoms with E-state index in [0.717, 1.165) is 22.6 Å². The molecule has 1 aliphatic rings. The van der Waals surface area contributed by atoms with Crippen LogP contribution in [-0.4, -0.2) is 35.1 Å². The second-order valence-corrected chi connectivity index (χ2v) is 9.38. The average Bonchev–Trinajstić information content (AvgIpc) is 3.13. The molecular weight excluding hydrogens is 538 g/mol. The second-order valence-electron chi connectivity index (χ2n) is 7.98. The third-order valence-electron chi connectivity index (χ3n) is 5.24. The van der Waals surface area contributed by atoms with Crippen molar-refractivity contribution in [2.24, 2.45) is 0 Å². The molecule has 3 amide bonds. The number of carbonyl (C=O) groups is 3. The van der Waals surface area contributed by atoms with Crippen LogP contribution in [0.1, 0.15) is 18.1 Å². The minimum Gasteiger partial charge on any atom is -0.490 e. The Hall–Kier alpha value is -3.89. The van der Waals surface area contributed by atoms with E-state index in [1.165, 1.54) is 6.08 Å². The first-order chi connectivity index (χ1) is 18.2. The van der Waals surface area contributed by atoms with Gasteiger partial charge in [0.2, 0.25) is 5.91 Å². The van der Waals surface area contributed by atoms with Gasteiger partial charge in [0.05, 0.1) is 22.2 Å². The van der Waals surface area contributed by atoms with Gasteiger partial charge in [0, 0.05) is 6.07 Å². The highest BCUT2D eigenvalue weighted by Gasteiger charge is 2.36. The monoisotopic (exact) mass is 558 g/mol. The minimum atomic E-state index is -0.981. The highest BCUT2D eigenvalue weighted by atomic mass is 35.5. The van der Waals surface area contributed by atoms with E-state index in [1.807, 2.05) is 30.3 Å². The van der Waals surface area contributed by atoms with E-state index in [0.29, 0.717) is 41.5 Å². The van der Waals surface area contributed by atoms with Gasteiger partial charge in [-0.2, -0.15) is 0 Å². The number of ether oxygens (including phenoxy) is 2. The molecule has 0 radical (unpaired) electrons. The van der Waals surface area contributed by atoms with E-state index in [-0.39, 0.29) is 22.2 Å². The Morgan fingerprint density at radius 2 is 1.84 bits per heavy atom. The Labute approximate surface area is 226 Å². The molecular formula is C27H21ClF2N2O5S. The van der Waals surface area contributed by atoms with Gasteiger partial charge in [-0.1, -0.05) is 41.9 Å². The lowest BCUT2D eigenvalue weighted by Gasteiger charge is -2.15. The predicted molar refractivity (Wildman–Crippen MR) is 141 cm³/mol. The summed E-state index contributed by atoms with van der Waals surface area (Å²) in [5.41, 5.74) is 1.15. The summed E-state index contributed by atoms with van der Waals surface area (Å²) in [5.74, 6) is -2.60. The van der Waals surface area contributed by atoms with E-state index in [9.17, 15) is 23.2 Å². The minimum absolute atomic E-state index is 0.0623.